The minimum Gasteiger partial charge on any atom is -0.496 e. The summed E-state index contributed by atoms with van der Waals surface area (Å²) in [5, 5.41) is 0. The van der Waals surface area contributed by atoms with Crippen LogP contribution in [0.15, 0.2) is 24.3 Å². The predicted octanol–water partition coefficient (Wildman–Crippen LogP) is 3.61. The van der Waals surface area contributed by atoms with Crippen LogP contribution < -0.4 is 4.74 Å². The van der Waals surface area contributed by atoms with E-state index < -0.39 is 11.5 Å². The van der Waals surface area contributed by atoms with Gasteiger partial charge in [0.1, 0.15) is 11.3 Å². The van der Waals surface area contributed by atoms with Crippen LogP contribution in [0.2, 0.25) is 0 Å². The highest BCUT2D eigenvalue weighted by Gasteiger charge is 2.16. The van der Waals surface area contributed by atoms with Crippen molar-refractivity contribution >= 4 is 17.6 Å². The average Bonchev–Trinajstić information content (AvgIpc) is 2.36. The van der Waals surface area contributed by atoms with Crippen molar-refractivity contribution in [2.24, 2.45) is 0 Å². The summed E-state index contributed by atoms with van der Waals surface area (Å²) in [5.74, 6) is 0.0513. The zero-order valence-corrected chi connectivity index (χ0v) is 10.9. The molecule has 0 aliphatic rings. The maximum Gasteiger partial charge on any atom is 0.343 e. The third-order valence-electron chi connectivity index (χ3n) is 2.35. The van der Waals surface area contributed by atoms with Crippen LogP contribution in [0.25, 0.3) is 0 Å². The van der Waals surface area contributed by atoms with Crippen LogP contribution in [0.3, 0.4) is 0 Å². The van der Waals surface area contributed by atoms with Gasteiger partial charge in [0.25, 0.3) is 0 Å². The second-order valence-electron chi connectivity index (χ2n) is 3.66. The quantitative estimate of drug-likeness (QED) is 0.576. The number of alkyl halides is 1. The van der Waals surface area contributed by atoms with Gasteiger partial charge in [-0.2, -0.15) is 0 Å². The molecule has 17 heavy (non-hydrogen) atoms. The van der Waals surface area contributed by atoms with Gasteiger partial charge in [-0.1, -0.05) is 37.1 Å². The van der Waals surface area contributed by atoms with Gasteiger partial charge in [0.05, 0.1) is 7.11 Å². The summed E-state index contributed by atoms with van der Waals surface area (Å²) in [6.45, 7) is 2.06. The summed E-state index contributed by atoms with van der Waals surface area (Å²) in [5.41, 5.74) is -0.176. The minimum atomic E-state index is -0.577. The maximum atomic E-state index is 11.8. The van der Waals surface area contributed by atoms with Gasteiger partial charge >= 0.3 is 5.97 Å². The van der Waals surface area contributed by atoms with E-state index in [-0.39, 0.29) is 0 Å². The molecule has 0 radical (unpaired) electrons. The Morgan fingerprint density at radius 3 is 2.76 bits per heavy atom. The average molecular weight is 257 g/mol. The fourth-order valence-corrected chi connectivity index (χ4v) is 1.65. The molecule has 0 saturated heterocycles. The van der Waals surface area contributed by atoms with Crippen molar-refractivity contribution < 1.29 is 14.3 Å². The van der Waals surface area contributed by atoms with Crippen molar-refractivity contribution in [3.8, 4) is 5.75 Å². The smallest absolute Gasteiger partial charge is 0.343 e. The first kappa shape index (κ1) is 13.8. The van der Waals surface area contributed by atoms with E-state index in [9.17, 15) is 4.79 Å². The Bertz CT molecular complexity index is 365. The van der Waals surface area contributed by atoms with Crippen molar-refractivity contribution in [2.75, 3.05) is 7.11 Å². The predicted molar refractivity (Wildman–Crippen MR) is 67.6 cm³/mol. The zero-order valence-electron chi connectivity index (χ0n) is 10.1. The van der Waals surface area contributed by atoms with E-state index in [1.165, 1.54) is 7.11 Å². The molecule has 0 bridgehead atoms. The lowest BCUT2D eigenvalue weighted by atomic mass is 10.2. The summed E-state index contributed by atoms with van der Waals surface area (Å²) >= 11 is 5.92. The van der Waals surface area contributed by atoms with Crippen LogP contribution in [0.5, 0.6) is 5.75 Å². The van der Waals surface area contributed by atoms with Gasteiger partial charge in [0.15, 0.2) is 5.56 Å². The number of unbranched alkanes of at least 4 members (excludes halogenated alkanes) is 1. The minimum absolute atomic E-state index is 0.400. The molecule has 1 unspecified atom stereocenters. The number of hydrogen-bond donors (Lipinski definition) is 0. The van der Waals surface area contributed by atoms with Crippen LogP contribution in [0.4, 0.5) is 0 Å². The van der Waals surface area contributed by atoms with E-state index in [4.69, 9.17) is 21.1 Å². The number of benzene rings is 1. The summed E-state index contributed by atoms with van der Waals surface area (Å²) < 4.78 is 10.2. The fraction of sp³-hybridized carbons (Fsp3) is 0.462. The standard InChI is InChI=1S/C13H17ClO3/c1-3-4-9-12(14)17-13(15)10-7-5-6-8-11(10)16-2/h5-8,12H,3-4,9H2,1-2H3. The first-order valence-electron chi connectivity index (χ1n) is 5.67. The molecule has 0 aromatic heterocycles. The van der Waals surface area contributed by atoms with Gasteiger partial charge < -0.3 is 9.47 Å². The van der Waals surface area contributed by atoms with E-state index in [1.807, 2.05) is 0 Å². The highest BCUT2D eigenvalue weighted by Crippen LogP contribution is 2.20. The Labute approximate surface area is 107 Å². The number of ether oxygens (including phenoxy) is 2. The molecule has 1 aromatic carbocycles. The van der Waals surface area contributed by atoms with Crippen LogP contribution in [0, 0.1) is 0 Å². The van der Waals surface area contributed by atoms with Gasteiger partial charge in [-0.25, -0.2) is 4.79 Å². The van der Waals surface area contributed by atoms with Crippen molar-refractivity contribution in [3.63, 3.8) is 0 Å². The highest BCUT2D eigenvalue weighted by molar-refractivity contribution is 6.20. The van der Waals surface area contributed by atoms with E-state index in [1.54, 1.807) is 24.3 Å². The fourth-order valence-electron chi connectivity index (χ4n) is 1.42. The van der Waals surface area contributed by atoms with E-state index in [2.05, 4.69) is 6.92 Å². The zero-order chi connectivity index (χ0) is 12.7. The Balaban J connectivity index is 2.63. The molecular weight excluding hydrogens is 240 g/mol. The molecule has 0 aliphatic heterocycles. The SMILES string of the molecule is CCCCC(Cl)OC(=O)c1ccccc1OC. The monoisotopic (exact) mass is 256 g/mol. The van der Waals surface area contributed by atoms with Crippen LogP contribution in [-0.2, 0) is 4.74 Å². The third-order valence-corrected chi connectivity index (χ3v) is 2.65. The number of para-hydroxylation sites is 1. The van der Waals surface area contributed by atoms with E-state index in [0.29, 0.717) is 17.7 Å². The summed E-state index contributed by atoms with van der Waals surface area (Å²) in [6.07, 6.45) is 2.63. The van der Waals surface area contributed by atoms with E-state index >= 15 is 0 Å². The van der Waals surface area contributed by atoms with Gasteiger partial charge in [-0.15, -0.1) is 0 Å². The first-order chi connectivity index (χ1) is 8.19. The summed E-state index contributed by atoms with van der Waals surface area (Å²) in [7, 11) is 1.52. The molecule has 4 heteroatoms. The Morgan fingerprint density at radius 2 is 2.12 bits per heavy atom. The number of carbonyl (C=O) groups is 1. The second kappa shape index (κ2) is 7.17. The summed E-state index contributed by atoms with van der Waals surface area (Å²) in [6, 6.07) is 6.93. The molecule has 1 rings (SSSR count). The lowest BCUT2D eigenvalue weighted by Crippen LogP contribution is -2.13. The van der Waals surface area contributed by atoms with Gasteiger partial charge in [0, 0.05) is 0 Å². The van der Waals surface area contributed by atoms with Crippen molar-refractivity contribution in [1.82, 2.24) is 0 Å². The lowest BCUT2D eigenvalue weighted by Gasteiger charge is -2.12. The van der Waals surface area contributed by atoms with Crippen LogP contribution in [-0.4, -0.2) is 18.6 Å². The number of methoxy groups -OCH3 is 1. The third kappa shape index (κ3) is 4.27. The van der Waals surface area contributed by atoms with Gasteiger partial charge in [-0.3, -0.25) is 0 Å². The highest BCUT2D eigenvalue weighted by atomic mass is 35.5. The number of rotatable bonds is 6. The number of carbonyl (C=O) groups excluding carboxylic acids is 1. The molecular formula is C13H17ClO3. The topological polar surface area (TPSA) is 35.5 Å². The molecule has 94 valence electrons. The van der Waals surface area contributed by atoms with Crippen molar-refractivity contribution in [1.29, 1.82) is 0 Å². The number of esters is 1. The van der Waals surface area contributed by atoms with Gasteiger partial charge in [0.2, 0.25) is 0 Å². The second-order valence-corrected chi connectivity index (χ2v) is 4.14. The van der Waals surface area contributed by atoms with Crippen molar-refractivity contribution in [2.45, 2.75) is 31.7 Å². The molecule has 0 aliphatic carbocycles. The largest absolute Gasteiger partial charge is 0.496 e. The molecule has 0 fully saturated rings. The maximum absolute atomic E-state index is 11.8. The van der Waals surface area contributed by atoms with Crippen molar-refractivity contribution in [3.05, 3.63) is 29.8 Å². The molecule has 0 spiro atoms. The Hall–Kier alpha value is -1.22. The number of hydrogen-bond acceptors (Lipinski definition) is 3. The molecule has 0 N–H and O–H groups in total. The van der Waals surface area contributed by atoms with Crippen LogP contribution in [0.1, 0.15) is 36.5 Å². The molecule has 0 heterocycles. The summed E-state index contributed by atoms with van der Waals surface area (Å²) in [4.78, 5) is 11.8. The van der Waals surface area contributed by atoms with Gasteiger partial charge in [-0.05, 0) is 25.0 Å². The lowest BCUT2D eigenvalue weighted by molar-refractivity contribution is 0.0430. The molecule has 0 saturated carbocycles. The number of halogens is 1. The molecule has 1 atom stereocenters. The molecule has 3 nitrogen and oxygen atoms in total. The normalized spacial score (nSPS) is 11.9. The Morgan fingerprint density at radius 1 is 1.41 bits per heavy atom. The molecule has 1 aromatic rings. The van der Waals surface area contributed by atoms with Crippen LogP contribution >= 0.6 is 11.6 Å². The molecule has 0 amide bonds. The Kier molecular flexibility index (Phi) is 5.84. The first-order valence-corrected chi connectivity index (χ1v) is 6.10. The van der Waals surface area contributed by atoms with E-state index in [0.717, 1.165) is 12.8 Å².